The summed E-state index contributed by atoms with van der Waals surface area (Å²) in [6.07, 6.45) is 2.01. The number of benzene rings is 1. The summed E-state index contributed by atoms with van der Waals surface area (Å²) in [4.78, 5) is 0. The lowest BCUT2D eigenvalue weighted by atomic mass is 9.90. The Morgan fingerprint density at radius 1 is 1.50 bits per heavy atom. The average Bonchev–Trinajstić information content (AvgIpc) is 3.07. The van der Waals surface area contributed by atoms with E-state index in [1.165, 1.54) is 6.07 Å². The van der Waals surface area contributed by atoms with Gasteiger partial charge in [0.15, 0.2) is 11.4 Å². The molecular formula is C15H19FN2O2. The van der Waals surface area contributed by atoms with Crippen LogP contribution in [0.4, 0.5) is 4.39 Å². The Kier molecular flexibility index (Phi) is 3.74. The van der Waals surface area contributed by atoms with Crippen molar-refractivity contribution < 1.29 is 13.5 Å². The third kappa shape index (κ3) is 2.22. The highest BCUT2D eigenvalue weighted by Crippen LogP contribution is 2.36. The van der Waals surface area contributed by atoms with E-state index in [1.807, 2.05) is 12.1 Å². The predicted molar refractivity (Wildman–Crippen MR) is 74.4 cm³/mol. The summed E-state index contributed by atoms with van der Waals surface area (Å²) in [5, 5.41) is 0.757. The van der Waals surface area contributed by atoms with Crippen LogP contribution in [0, 0.1) is 11.7 Å². The molecule has 2 aromatic rings. The molecule has 108 valence electrons. The van der Waals surface area contributed by atoms with Gasteiger partial charge in [0.05, 0.1) is 12.1 Å². The van der Waals surface area contributed by atoms with E-state index in [0.29, 0.717) is 5.76 Å². The molecule has 0 aliphatic carbocycles. The maximum absolute atomic E-state index is 13.7. The first-order chi connectivity index (χ1) is 9.74. The molecule has 3 unspecified atom stereocenters. The van der Waals surface area contributed by atoms with Gasteiger partial charge >= 0.3 is 0 Å². The molecule has 1 aromatic heterocycles. The van der Waals surface area contributed by atoms with Crippen LogP contribution in [0.1, 0.15) is 31.6 Å². The smallest absolute Gasteiger partial charge is 0.169 e. The maximum Gasteiger partial charge on any atom is 0.169 e. The van der Waals surface area contributed by atoms with Gasteiger partial charge in [-0.25, -0.2) is 9.82 Å². The lowest BCUT2D eigenvalue weighted by Gasteiger charge is -2.24. The summed E-state index contributed by atoms with van der Waals surface area (Å²) in [7, 11) is 0. The van der Waals surface area contributed by atoms with Gasteiger partial charge in [-0.3, -0.25) is 5.84 Å². The molecule has 0 amide bonds. The second-order valence-corrected chi connectivity index (χ2v) is 5.22. The molecule has 20 heavy (non-hydrogen) atoms. The highest BCUT2D eigenvalue weighted by molar-refractivity contribution is 5.78. The number of rotatable bonds is 4. The van der Waals surface area contributed by atoms with E-state index in [9.17, 15) is 4.39 Å². The number of fused-ring (bicyclic) bond motifs is 1. The highest BCUT2D eigenvalue weighted by atomic mass is 19.1. The van der Waals surface area contributed by atoms with Crippen LogP contribution in [0.25, 0.3) is 11.0 Å². The van der Waals surface area contributed by atoms with Crippen LogP contribution in [0.2, 0.25) is 0 Å². The molecule has 4 nitrogen and oxygen atoms in total. The van der Waals surface area contributed by atoms with Gasteiger partial charge in [-0.05, 0) is 25.0 Å². The van der Waals surface area contributed by atoms with Gasteiger partial charge in [0.2, 0.25) is 0 Å². The molecule has 0 spiro atoms. The number of ether oxygens (including phenoxy) is 1. The van der Waals surface area contributed by atoms with E-state index in [-0.39, 0.29) is 29.5 Å². The van der Waals surface area contributed by atoms with Crippen molar-refractivity contribution in [3.8, 4) is 0 Å². The topological polar surface area (TPSA) is 60.4 Å². The van der Waals surface area contributed by atoms with Gasteiger partial charge in [-0.1, -0.05) is 19.1 Å². The van der Waals surface area contributed by atoms with Gasteiger partial charge in [0.1, 0.15) is 5.76 Å². The molecule has 1 aliphatic heterocycles. The first-order valence-corrected chi connectivity index (χ1v) is 7.00. The molecule has 0 radical (unpaired) electrons. The number of hydrogen-bond acceptors (Lipinski definition) is 4. The second kappa shape index (κ2) is 5.52. The summed E-state index contributed by atoms with van der Waals surface area (Å²) in [5.41, 5.74) is 3.10. The van der Waals surface area contributed by atoms with E-state index in [1.54, 1.807) is 6.07 Å². The van der Waals surface area contributed by atoms with E-state index >= 15 is 0 Å². The van der Waals surface area contributed by atoms with Crippen LogP contribution in [0.5, 0.6) is 0 Å². The van der Waals surface area contributed by atoms with Crippen LogP contribution in [0.3, 0.4) is 0 Å². The molecular weight excluding hydrogens is 259 g/mol. The summed E-state index contributed by atoms with van der Waals surface area (Å²) < 4.78 is 25.1. The quantitative estimate of drug-likeness (QED) is 0.667. The van der Waals surface area contributed by atoms with Gasteiger partial charge < -0.3 is 9.15 Å². The van der Waals surface area contributed by atoms with Crippen LogP contribution >= 0.6 is 0 Å². The Morgan fingerprint density at radius 2 is 2.35 bits per heavy atom. The van der Waals surface area contributed by atoms with Crippen molar-refractivity contribution >= 4 is 11.0 Å². The van der Waals surface area contributed by atoms with Crippen LogP contribution in [-0.4, -0.2) is 12.7 Å². The molecule has 1 aromatic carbocycles. The van der Waals surface area contributed by atoms with E-state index < -0.39 is 0 Å². The van der Waals surface area contributed by atoms with Crippen molar-refractivity contribution in [2.45, 2.75) is 31.9 Å². The van der Waals surface area contributed by atoms with Crippen molar-refractivity contribution in [3.63, 3.8) is 0 Å². The van der Waals surface area contributed by atoms with Gasteiger partial charge in [0.25, 0.3) is 0 Å². The largest absolute Gasteiger partial charge is 0.456 e. The van der Waals surface area contributed by atoms with Crippen LogP contribution in [0.15, 0.2) is 28.7 Å². The molecule has 1 aliphatic rings. The minimum absolute atomic E-state index is 0.158. The number of furan rings is 1. The molecule has 3 atom stereocenters. The monoisotopic (exact) mass is 278 g/mol. The number of nitrogens with one attached hydrogen (secondary N) is 1. The minimum atomic E-state index is -0.348. The average molecular weight is 278 g/mol. The molecule has 0 saturated carbocycles. The SMILES string of the molecule is CCC1OCCC1C(NN)c1cc2cccc(F)c2o1. The normalized spacial score (nSPS) is 24.4. The van der Waals surface area contributed by atoms with E-state index in [0.717, 1.165) is 24.8 Å². The van der Waals surface area contributed by atoms with E-state index in [4.69, 9.17) is 15.0 Å². The lowest BCUT2D eigenvalue weighted by molar-refractivity contribution is 0.0749. The summed E-state index contributed by atoms with van der Waals surface area (Å²) >= 11 is 0. The summed E-state index contributed by atoms with van der Waals surface area (Å²) in [6, 6.07) is 6.60. The maximum atomic E-state index is 13.7. The Hall–Kier alpha value is -1.43. The fourth-order valence-corrected chi connectivity index (χ4v) is 3.08. The Labute approximate surface area is 117 Å². The molecule has 3 N–H and O–H groups in total. The van der Waals surface area contributed by atoms with Crippen molar-refractivity contribution in [1.29, 1.82) is 0 Å². The van der Waals surface area contributed by atoms with Gasteiger partial charge in [-0.15, -0.1) is 0 Å². The molecule has 3 rings (SSSR count). The fraction of sp³-hybridized carbons (Fsp3) is 0.467. The van der Waals surface area contributed by atoms with Crippen molar-refractivity contribution in [1.82, 2.24) is 5.43 Å². The number of hydrogen-bond donors (Lipinski definition) is 2. The zero-order valence-electron chi connectivity index (χ0n) is 11.4. The number of para-hydroxylation sites is 1. The first kappa shape index (κ1) is 13.5. The third-order valence-corrected chi connectivity index (χ3v) is 4.09. The summed E-state index contributed by atoms with van der Waals surface area (Å²) in [6.45, 7) is 2.82. The van der Waals surface area contributed by atoms with Gasteiger partial charge in [0, 0.05) is 17.9 Å². The van der Waals surface area contributed by atoms with Crippen molar-refractivity contribution in [3.05, 3.63) is 35.8 Å². The zero-order chi connectivity index (χ0) is 14.1. The molecule has 2 heterocycles. The summed E-state index contributed by atoms with van der Waals surface area (Å²) in [5.74, 6) is 6.27. The molecule has 1 fully saturated rings. The first-order valence-electron chi connectivity index (χ1n) is 7.00. The van der Waals surface area contributed by atoms with E-state index in [2.05, 4.69) is 12.3 Å². The standard InChI is InChI=1S/C15H19FN2O2/c1-2-12-10(6-7-19-12)14(18-17)13-8-9-4-3-5-11(16)15(9)20-13/h3-5,8,10,12,14,18H,2,6-7,17H2,1H3. The fourth-order valence-electron chi connectivity index (χ4n) is 3.08. The van der Waals surface area contributed by atoms with Crippen LogP contribution < -0.4 is 11.3 Å². The Morgan fingerprint density at radius 3 is 3.05 bits per heavy atom. The minimum Gasteiger partial charge on any atom is -0.456 e. The number of halogens is 1. The number of hydrazine groups is 1. The zero-order valence-corrected chi connectivity index (χ0v) is 11.4. The molecule has 5 heteroatoms. The highest BCUT2D eigenvalue weighted by Gasteiger charge is 2.35. The lowest BCUT2D eigenvalue weighted by Crippen LogP contribution is -2.36. The van der Waals surface area contributed by atoms with Gasteiger partial charge in [-0.2, -0.15) is 0 Å². The van der Waals surface area contributed by atoms with Crippen molar-refractivity contribution in [2.24, 2.45) is 11.8 Å². The van der Waals surface area contributed by atoms with Crippen LogP contribution in [-0.2, 0) is 4.74 Å². The Bertz CT molecular complexity index is 599. The third-order valence-electron chi connectivity index (χ3n) is 4.09. The Balaban J connectivity index is 1.97. The number of nitrogens with two attached hydrogens (primary N) is 1. The molecule has 1 saturated heterocycles. The second-order valence-electron chi connectivity index (χ2n) is 5.22. The van der Waals surface area contributed by atoms with Crippen molar-refractivity contribution in [2.75, 3.05) is 6.61 Å². The predicted octanol–water partition coefficient (Wildman–Crippen LogP) is 2.89. The molecule has 0 bridgehead atoms.